The first kappa shape index (κ1) is 55.7. The van der Waals surface area contributed by atoms with Crippen molar-refractivity contribution in [1.29, 1.82) is 0 Å². The Morgan fingerprint density at radius 2 is 0.413 bits per heavy atom. The zero-order chi connectivity index (χ0) is 33.0. The Kier molecular flexibility index (Phi) is 53.4. The van der Waals surface area contributed by atoms with Gasteiger partial charge in [0.1, 0.15) is 0 Å². The molecule has 0 heterocycles. The fourth-order valence-electron chi connectivity index (χ4n) is 5.71. The van der Waals surface area contributed by atoms with Crippen molar-refractivity contribution >= 4 is 15.2 Å². The Morgan fingerprint density at radius 1 is 0.283 bits per heavy atom. The van der Waals surface area contributed by atoms with Crippen molar-refractivity contribution in [1.82, 2.24) is 0 Å². The molecule has 0 aliphatic rings. The van der Waals surface area contributed by atoms with E-state index in [1.165, 1.54) is 167 Å². The summed E-state index contributed by atoms with van der Waals surface area (Å²) in [5.41, 5.74) is 0. The molecular formula is C36H74O6P2Th2. The second kappa shape index (κ2) is 44.1. The molecule has 272 valence electrons. The van der Waals surface area contributed by atoms with E-state index in [0.717, 1.165) is 25.7 Å². The summed E-state index contributed by atoms with van der Waals surface area (Å²) in [6.07, 6.45) is 39.9. The summed E-state index contributed by atoms with van der Waals surface area (Å²) >= 11 is 0. The third-order valence-electron chi connectivity index (χ3n) is 8.57. The normalized spacial score (nSPS) is 11.4. The molecule has 0 N–H and O–H groups in total. The van der Waals surface area contributed by atoms with E-state index in [-0.39, 0.29) is 92.2 Å². The molecule has 0 aromatic heterocycles. The topological polar surface area (TPSA) is 126 Å². The zero-order valence-electron chi connectivity index (χ0n) is 30.4. The first-order chi connectivity index (χ1) is 21.1. The average molecular weight is 1130 g/mol. The van der Waals surface area contributed by atoms with Gasteiger partial charge in [0.2, 0.25) is 0 Å². The summed E-state index contributed by atoms with van der Waals surface area (Å²) < 4.78 is 20.9. The van der Waals surface area contributed by atoms with Gasteiger partial charge in [0.15, 0.2) is 0 Å². The first-order valence-corrected chi connectivity index (χ1v) is 22.6. The molecular weight excluding hydrogens is 1050 g/mol. The fourth-order valence-corrected chi connectivity index (χ4v) is 6.93. The second-order valence-corrected chi connectivity index (χ2v) is 16.6. The molecule has 0 fully saturated rings. The van der Waals surface area contributed by atoms with Gasteiger partial charge in [-0.3, -0.25) is 0 Å². The average Bonchev–Trinajstić information content (AvgIpc) is 2.96. The van der Waals surface area contributed by atoms with Gasteiger partial charge < -0.3 is 28.7 Å². The summed E-state index contributed by atoms with van der Waals surface area (Å²) in [5.74, 6) is 0. The summed E-state index contributed by atoms with van der Waals surface area (Å²) in [7, 11) is -8.51. The van der Waals surface area contributed by atoms with E-state index in [1.807, 2.05) is 0 Å². The Bertz CT molecular complexity index is 592. The maximum atomic E-state index is 10.5. The van der Waals surface area contributed by atoms with Crippen LogP contribution in [0.15, 0.2) is 0 Å². The molecule has 6 nitrogen and oxygen atoms in total. The zero-order valence-corrected chi connectivity index (χ0v) is 40.4. The summed E-state index contributed by atoms with van der Waals surface area (Å²) in [5, 5.41) is 0. The molecule has 0 aromatic rings. The predicted octanol–water partition coefficient (Wildman–Crippen LogP) is 10.3. The minimum absolute atomic E-state index is 0. The van der Waals surface area contributed by atoms with Gasteiger partial charge >= 0.3 is 79.9 Å². The van der Waals surface area contributed by atoms with Gasteiger partial charge in [0, 0.05) is 0 Å². The van der Waals surface area contributed by atoms with Crippen molar-refractivity contribution in [3.05, 3.63) is 0 Å². The van der Waals surface area contributed by atoms with E-state index < -0.39 is 15.2 Å². The van der Waals surface area contributed by atoms with Crippen molar-refractivity contribution in [2.75, 3.05) is 12.3 Å². The third kappa shape index (κ3) is 59.1. The molecule has 10 heteroatoms. The Balaban J connectivity index is -0.000000367. The maximum absolute atomic E-state index is 10.5. The second-order valence-electron chi connectivity index (χ2n) is 13.3. The summed E-state index contributed by atoms with van der Waals surface area (Å²) in [6.45, 7) is 4.52. The minimum Gasteiger partial charge on any atom is -0.811 e. The van der Waals surface area contributed by atoms with Gasteiger partial charge in [0.05, 0.1) is 0 Å². The van der Waals surface area contributed by atoms with Crippen molar-refractivity contribution in [3.63, 3.8) is 0 Å². The van der Waals surface area contributed by atoms with Crippen LogP contribution in [0.2, 0.25) is 0 Å². The van der Waals surface area contributed by atoms with Crippen molar-refractivity contribution in [2.45, 2.75) is 219 Å². The molecule has 46 heavy (non-hydrogen) atoms. The number of hydrogen-bond donors (Lipinski definition) is 0. The number of hydrogen-bond acceptors (Lipinski definition) is 6. The molecule has 0 amide bonds. The molecule has 0 atom stereocenters. The van der Waals surface area contributed by atoms with Crippen molar-refractivity contribution < 1.29 is 109 Å². The molecule has 0 aromatic carbocycles. The van der Waals surface area contributed by atoms with Crippen LogP contribution in [-0.4, -0.2) is 12.3 Å². The van der Waals surface area contributed by atoms with Crippen LogP contribution in [0.4, 0.5) is 0 Å². The van der Waals surface area contributed by atoms with Crippen LogP contribution >= 0.6 is 15.2 Å². The predicted molar refractivity (Wildman–Crippen MR) is 184 cm³/mol. The van der Waals surface area contributed by atoms with Crippen LogP contribution in [-0.2, 0) is 9.13 Å². The fraction of sp³-hybridized carbons (Fsp3) is 1.00. The maximum Gasteiger partial charge on any atom is 2.00 e. The van der Waals surface area contributed by atoms with Crippen molar-refractivity contribution in [3.8, 4) is 0 Å². The van der Waals surface area contributed by atoms with Crippen LogP contribution < -0.4 is 19.6 Å². The van der Waals surface area contributed by atoms with E-state index in [2.05, 4.69) is 13.8 Å². The molecule has 0 aliphatic carbocycles. The Labute approximate surface area is 351 Å². The van der Waals surface area contributed by atoms with Gasteiger partial charge in [-0.1, -0.05) is 222 Å². The standard InChI is InChI=1S/2C18H39O3P.2Th/c2*1-2-3-4-5-6-7-8-9-10-11-12-13-14-15-16-17-18-22(19,20)21;;/h2*2-18H2,1H3,(H2,19,20,21);;/q;;2*+2/p-4. The van der Waals surface area contributed by atoms with Gasteiger partial charge in [-0.25, -0.2) is 0 Å². The van der Waals surface area contributed by atoms with Crippen LogP contribution in [0.5, 0.6) is 0 Å². The molecule has 0 radical (unpaired) electrons. The van der Waals surface area contributed by atoms with E-state index in [4.69, 9.17) is 0 Å². The van der Waals surface area contributed by atoms with E-state index in [1.54, 1.807) is 0 Å². The third-order valence-corrected chi connectivity index (χ3v) is 10.3. The van der Waals surface area contributed by atoms with Gasteiger partial charge in [-0.2, -0.15) is 0 Å². The smallest absolute Gasteiger partial charge is 0.811 e. The van der Waals surface area contributed by atoms with Crippen molar-refractivity contribution in [2.24, 2.45) is 0 Å². The Morgan fingerprint density at radius 3 is 0.543 bits per heavy atom. The number of unbranched alkanes of at least 4 members (excludes halogenated alkanes) is 30. The molecule has 0 saturated heterocycles. The van der Waals surface area contributed by atoms with Crippen LogP contribution in [0, 0.1) is 79.9 Å². The molecule has 0 unspecified atom stereocenters. The van der Waals surface area contributed by atoms with Crippen LogP contribution in [0.25, 0.3) is 0 Å². The first-order valence-electron chi connectivity index (χ1n) is 19.1. The quantitative estimate of drug-likeness (QED) is 0.0467. The van der Waals surface area contributed by atoms with E-state index in [9.17, 15) is 28.7 Å². The molecule has 0 aliphatic heterocycles. The molecule has 0 saturated carbocycles. The van der Waals surface area contributed by atoms with E-state index in [0.29, 0.717) is 12.8 Å². The van der Waals surface area contributed by atoms with Gasteiger partial charge in [-0.05, 0) is 25.2 Å². The molecule has 0 spiro atoms. The van der Waals surface area contributed by atoms with Crippen LogP contribution in [0.1, 0.15) is 219 Å². The largest absolute Gasteiger partial charge is 2.00 e. The monoisotopic (exact) mass is 1130 g/mol. The Hall–Kier alpha value is 2.95. The van der Waals surface area contributed by atoms with Gasteiger partial charge in [0.25, 0.3) is 0 Å². The minimum atomic E-state index is -4.25. The van der Waals surface area contributed by atoms with Gasteiger partial charge in [-0.15, -0.1) is 0 Å². The van der Waals surface area contributed by atoms with E-state index >= 15 is 0 Å². The van der Waals surface area contributed by atoms with Crippen LogP contribution in [0.3, 0.4) is 0 Å². The molecule has 0 rings (SSSR count). The summed E-state index contributed by atoms with van der Waals surface area (Å²) in [6, 6.07) is 0. The summed E-state index contributed by atoms with van der Waals surface area (Å²) in [4.78, 5) is 41.8. The molecule has 0 bridgehead atoms. The number of rotatable bonds is 34. The SMILES string of the molecule is CCCCCCCCCCCCCCCCCCP(=O)([O-])[O-].CCCCCCCCCCCCCCCCCCP(=O)([O-])[O-].[Th+2].[Th+2].